The van der Waals surface area contributed by atoms with Crippen molar-refractivity contribution in [3.05, 3.63) is 34.9 Å². The fourth-order valence-corrected chi connectivity index (χ4v) is 1.65. The highest BCUT2D eigenvalue weighted by atomic mass is 79.9. The Morgan fingerprint density at radius 1 is 1.27 bits per heavy atom. The van der Waals surface area contributed by atoms with E-state index in [4.69, 9.17) is 5.84 Å². The van der Waals surface area contributed by atoms with Gasteiger partial charge in [-0.15, -0.1) is 5.10 Å². The second-order valence-corrected chi connectivity index (χ2v) is 3.64. The molecule has 3 N–H and O–H groups in total. The van der Waals surface area contributed by atoms with Crippen LogP contribution in [0.4, 0.5) is 5.95 Å². The highest BCUT2D eigenvalue weighted by molar-refractivity contribution is 9.10. The van der Waals surface area contributed by atoms with Gasteiger partial charge in [0.25, 0.3) is 5.95 Å². The number of halogens is 1. The molecule has 0 saturated carbocycles. The van der Waals surface area contributed by atoms with Crippen molar-refractivity contribution in [2.24, 2.45) is 5.84 Å². The fourth-order valence-electron chi connectivity index (χ4n) is 1.16. The van der Waals surface area contributed by atoms with E-state index < -0.39 is 0 Å². The number of anilines is 1. The second kappa shape index (κ2) is 4.33. The van der Waals surface area contributed by atoms with E-state index in [1.807, 2.05) is 24.3 Å². The minimum atomic E-state index is 0.295. The van der Waals surface area contributed by atoms with Gasteiger partial charge in [-0.05, 0) is 6.07 Å². The first-order chi connectivity index (χ1) is 7.31. The summed E-state index contributed by atoms with van der Waals surface area (Å²) in [5, 5.41) is 7.50. The van der Waals surface area contributed by atoms with E-state index in [1.165, 1.54) is 0 Å². The molecule has 0 bridgehead atoms. The molecule has 1 heterocycles. The number of hydrogen-bond acceptors (Lipinski definition) is 5. The van der Waals surface area contributed by atoms with Gasteiger partial charge in [-0.1, -0.05) is 34.1 Å². The smallest absolute Gasteiger partial charge is 0.257 e. The molecule has 0 saturated heterocycles. The van der Waals surface area contributed by atoms with Gasteiger partial charge < -0.3 is 0 Å². The van der Waals surface area contributed by atoms with Crippen LogP contribution in [-0.2, 0) is 0 Å². The van der Waals surface area contributed by atoms with Crippen LogP contribution in [0.3, 0.4) is 0 Å². The zero-order chi connectivity index (χ0) is 10.7. The van der Waals surface area contributed by atoms with E-state index in [2.05, 4.69) is 36.5 Å². The summed E-state index contributed by atoms with van der Waals surface area (Å²) in [5.41, 5.74) is 4.02. The number of nitrogen functional groups attached to an aromatic ring is 1. The molecule has 5 nitrogen and oxygen atoms in total. The predicted molar refractivity (Wildman–Crippen MR) is 60.8 cm³/mol. The molecule has 0 amide bonds. The van der Waals surface area contributed by atoms with Gasteiger partial charge >= 0.3 is 0 Å². The van der Waals surface area contributed by atoms with Crippen molar-refractivity contribution >= 4 is 21.9 Å². The summed E-state index contributed by atoms with van der Waals surface area (Å²) in [6.07, 6.45) is 1.58. The molecule has 0 aliphatic heterocycles. The Balaban J connectivity index is 2.49. The summed E-state index contributed by atoms with van der Waals surface area (Å²) in [5.74, 6) is 5.50. The molecule has 0 aliphatic rings. The number of nitrogens with two attached hydrogens (primary N) is 1. The molecule has 2 aromatic rings. The summed E-state index contributed by atoms with van der Waals surface area (Å²) in [6, 6.07) is 7.74. The standard InChI is InChI=1S/C9H8BrN5/c10-7-4-2-1-3-6(7)8-5-12-15-9(13-8)14-11/h1-5H,11H2,(H,13,14,15). The average Bonchev–Trinajstić information content (AvgIpc) is 2.30. The molecule has 76 valence electrons. The Labute approximate surface area is 94.8 Å². The van der Waals surface area contributed by atoms with Crippen molar-refractivity contribution in [1.82, 2.24) is 15.2 Å². The first kappa shape index (κ1) is 10.0. The molecule has 15 heavy (non-hydrogen) atoms. The van der Waals surface area contributed by atoms with Gasteiger partial charge in [0.05, 0.1) is 11.9 Å². The summed E-state index contributed by atoms with van der Waals surface area (Å²) in [4.78, 5) is 4.18. The highest BCUT2D eigenvalue weighted by Gasteiger charge is 2.05. The van der Waals surface area contributed by atoms with Crippen LogP contribution in [0.15, 0.2) is 34.9 Å². The molecular formula is C9H8BrN5. The monoisotopic (exact) mass is 265 g/mol. The lowest BCUT2D eigenvalue weighted by Gasteiger charge is -2.03. The zero-order valence-corrected chi connectivity index (χ0v) is 9.27. The SMILES string of the molecule is NNc1nncc(-c2ccccc2Br)n1. The molecule has 1 aromatic heterocycles. The number of nitrogens with zero attached hydrogens (tertiary/aromatic N) is 3. The Bertz CT molecular complexity index is 474. The first-order valence-corrected chi connectivity index (χ1v) is 5.02. The number of nitrogens with one attached hydrogen (secondary N) is 1. The number of aromatic nitrogens is 3. The normalized spacial score (nSPS) is 10.0. The van der Waals surface area contributed by atoms with Crippen LogP contribution in [0.1, 0.15) is 0 Å². The van der Waals surface area contributed by atoms with Gasteiger partial charge in [-0.3, -0.25) is 5.43 Å². The lowest BCUT2D eigenvalue weighted by Crippen LogP contribution is -2.11. The topological polar surface area (TPSA) is 76.7 Å². The lowest BCUT2D eigenvalue weighted by molar-refractivity contribution is 0.965. The quantitative estimate of drug-likeness (QED) is 0.637. The molecule has 2 rings (SSSR count). The minimum Gasteiger partial charge on any atom is -0.291 e. The van der Waals surface area contributed by atoms with Gasteiger partial charge in [0, 0.05) is 10.0 Å². The Morgan fingerprint density at radius 2 is 2.07 bits per heavy atom. The number of rotatable bonds is 2. The molecule has 0 unspecified atom stereocenters. The largest absolute Gasteiger partial charge is 0.291 e. The molecule has 0 radical (unpaired) electrons. The van der Waals surface area contributed by atoms with Gasteiger partial charge in [0.2, 0.25) is 0 Å². The molecular weight excluding hydrogens is 258 g/mol. The fraction of sp³-hybridized carbons (Fsp3) is 0. The van der Waals surface area contributed by atoms with Gasteiger partial charge in [0.15, 0.2) is 0 Å². The predicted octanol–water partition coefficient (Wildman–Crippen LogP) is 1.59. The van der Waals surface area contributed by atoms with E-state index in [0.717, 1.165) is 10.0 Å². The van der Waals surface area contributed by atoms with E-state index in [0.29, 0.717) is 11.6 Å². The first-order valence-electron chi connectivity index (χ1n) is 4.22. The molecule has 0 fully saturated rings. The summed E-state index contributed by atoms with van der Waals surface area (Å²) < 4.78 is 0.952. The molecule has 0 atom stereocenters. The Hall–Kier alpha value is -1.53. The summed E-state index contributed by atoms with van der Waals surface area (Å²) in [7, 11) is 0. The van der Waals surface area contributed by atoms with Crippen molar-refractivity contribution in [1.29, 1.82) is 0 Å². The van der Waals surface area contributed by atoms with Crippen LogP contribution in [0.2, 0.25) is 0 Å². The van der Waals surface area contributed by atoms with Crippen molar-refractivity contribution in [2.45, 2.75) is 0 Å². The van der Waals surface area contributed by atoms with Gasteiger partial charge in [0.1, 0.15) is 0 Å². The van der Waals surface area contributed by atoms with E-state index in [-0.39, 0.29) is 0 Å². The van der Waals surface area contributed by atoms with Crippen LogP contribution in [0.5, 0.6) is 0 Å². The molecule has 1 aromatic carbocycles. The number of hydrogen-bond donors (Lipinski definition) is 2. The van der Waals surface area contributed by atoms with Crippen molar-refractivity contribution in [2.75, 3.05) is 5.43 Å². The van der Waals surface area contributed by atoms with Gasteiger partial charge in [-0.2, -0.15) is 5.10 Å². The van der Waals surface area contributed by atoms with Crippen molar-refractivity contribution in [3.8, 4) is 11.3 Å². The Kier molecular flexibility index (Phi) is 2.89. The minimum absolute atomic E-state index is 0.295. The van der Waals surface area contributed by atoms with Crippen molar-refractivity contribution < 1.29 is 0 Å². The molecule has 0 spiro atoms. The highest BCUT2D eigenvalue weighted by Crippen LogP contribution is 2.25. The summed E-state index contributed by atoms with van der Waals surface area (Å²) in [6.45, 7) is 0. The summed E-state index contributed by atoms with van der Waals surface area (Å²) >= 11 is 3.44. The Morgan fingerprint density at radius 3 is 2.80 bits per heavy atom. The third-order valence-electron chi connectivity index (χ3n) is 1.84. The van der Waals surface area contributed by atoms with Crippen LogP contribution >= 0.6 is 15.9 Å². The second-order valence-electron chi connectivity index (χ2n) is 2.79. The van der Waals surface area contributed by atoms with Crippen molar-refractivity contribution in [3.63, 3.8) is 0 Å². The van der Waals surface area contributed by atoms with Crippen LogP contribution in [0.25, 0.3) is 11.3 Å². The number of benzene rings is 1. The molecule has 6 heteroatoms. The van der Waals surface area contributed by atoms with E-state index in [1.54, 1.807) is 6.20 Å². The zero-order valence-electron chi connectivity index (χ0n) is 7.68. The van der Waals surface area contributed by atoms with Crippen LogP contribution in [-0.4, -0.2) is 15.2 Å². The third kappa shape index (κ3) is 2.11. The maximum Gasteiger partial charge on any atom is 0.257 e. The lowest BCUT2D eigenvalue weighted by atomic mass is 10.2. The molecule has 0 aliphatic carbocycles. The third-order valence-corrected chi connectivity index (χ3v) is 2.53. The van der Waals surface area contributed by atoms with E-state index >= 15 is 0 Å². The number of hydrazine groups is 1. The van der Waals surface area contributed by atoms with Crippen LogP contribution < -0.4 is 11.3 Å². The maximum atomic E-state index is 5.21. The van der Waals surface area contributed by atoms with Crippen LogP contribution in [0, 0.1) is 0 Å². The van der Waals surface area contributed by atoms with Gasteiger partial charge in [-0.25, -0.2) is 10.8 Å². The average molecular weight is 266 g/mol. The maximum absolute atomic E-state index is 5.21. The van der Waals surface area contributed by atoms with E-state index in [9.17, 15) is 0 Å².